The molecular weight excluding hydrogens is 244 g/mol. The standard InChI is InChI=1S/C9H12N4O3S/c1-13(2)5-10-9-11-6(4-17-9)7(8(14)15)12-16-3/h4-5H,1-3H3,(H,14,15)/p-1/b10-5+,12-7-. The normalized spacial score (nSPS) is 11.8. The van der Waals surface area contributed by atoms with Crippen LogP contribution in [0, 0.1) is 0 Å². The van der Waals surface area contributed by atoms with E-state index in [1.165, 1.54) is 23.8 Å². The lowest BCUT2D eigenvalue weighted by Gasteiger charge is -2.02. The highest BCUT2D eigenvalue weighted by molar-refractivity contribution is 7.13. The zero-order chi connectivity index (χ0) is 12.8. The Morgan fingerprint density at radius 1 is 1.65 bits per heavy atom. The average Bonchev–Trinajstić information content (AvgIpc) is 2.71. The third-order valence-electron chi connectivity index (χ3n) is 1.51. The third-order valence-corrected chi connectivity index (χ3v) is 2.26. The minimum atomic E-state index is -1.44. The molecule has 0 bridgehead atoms. The summed E-state index contributed by atoms with van der Waals surface area (Å²) in [5.41, 5.74) is -0.183. The Morgan fingerprint density at radius 2 is 2.35 bits per heavy atom. The number of hydrogen-bond donors (Lipinski definition) is 0. The van der Waals surface area contributed by atoms with Gasteiger partial charge in [-0.25, -0.2) is 9.98 Å². The maximum absolute atomic E-state index is 10.8. The van der Waals surface area contributed by atoms with Gasteiger partial charge in [0.2, 0.25) is 5.13 Å². The number of aromatic nitrogens is 1. The van der Waals surface area contributed by atoms with Crippen molar-refractivity contribution in [1.29, 1.82) is 0 Å². The number of carbonyl (C=O) groups is 1. The van der Waals surface area contributed by atoms with Crippen LogP contribution in [0.15, 0.2) is 15.5 Å². The quantitative estimate of drug-likeness (QED) is 0.400. The second-order valence-corrected chi connectivity index (χ2v) is 3.97. The molecule has 17 heavy (non-hydrogen) atoms. The lowest BCUT2D eigenvalue weighted by Crippen LogP contribution is -2.32. The molecule has 1 heterocycles. The number of rotatable bonds is 5. The molecule has 0 saturated carbocycles. The summed E-state index contributed by atoms with van der Waals surface area (Å²) in [5.74, 6) is -1.44. The molecule has 7 nitrogen and oxygen atoms in total. The number of carbonyl (C=O) groups excluding carboxylic acids is 1. The molecule has 8 heteroatoms. The predicted molar refractivity (Wildman–Crippen MR) is 62.5 cm³/mol. The van der Waals surface area contributed by atoms with Crippen LogP contribution in [0.2, 0.25) is 0 Å². The highest BCUT2D eigenvalue weighted by Crippen LogP contribution is 2.18. The number of nitrogens with zero attached hydrogens (tertiary/aromatic N) is 4. The van der Waals surface area contributed by atoms with Gasteiger partial charge in [0.25, 0.3) is 0 Å². The Balaban J connectivity index is 2.93. The highest BCUT2D eigenvalue weighted by atomic mass is 32.1. The van der Waals surface area contributed by atoms with Crippen molar-refractivity contribution in [3.05, 3.63) is 11.1 Å². The monoisotopic (exact) mass is 255 g/mol. The Kier molecular flexibility index (Phi) is 4.58. The summed E-state index contributed by atoms with van der Waals surface area (Å²) in [6.07, 6.45) is 1.56. The van der Waals surface area contributed by atoms with Crippen LogP contribution in [-0.4, -0.2) is 49.1 Å². The summed E-state index contributed by atoms with van der Waals surface area (Å²) in [6, 6.07) is 0. The van der Waals surface area contributed by atoms with Gasteiger partial charge in [0.15, 0.2) is 5.71 Å². The van der Waals surface area contributed by atoms with Crippen LogP contribution in [0.3, 0.4) is 0 Å². The van der Waals surface area contributed by atoms with Gasteiger partial charge >= 0.3 is 0 Å². The zero-order valence-electron chi connectivity index (χ0n) is 9.58. The van der Waals surface area contributed by atoms with Crippen LogP contribution in [0.4, 0.5) is 5.13 Å². The lowest BCUT2D eigenvalue weighted by molar-refractivity contribution is -0.294. The van der Waals surface area contributed by atoms with Crippen LogP contribution in [0.5, 0.6) is 0 Å². The van der Waals surface area contributed by atoms with E-state index in [1.54, 1.807) is 11.2 Å². The summed E-state index contributed by atoms with van der Waals surface area (Å²) < 4.78 is 0. The molecule has 0 saturated heterocycles. The second kappa shape index (κ2) is 5.94. The molecule has 0 atom stereocenters. The number of carboxylic acids is 1. The summed E-state index contributed by atoms with van der Waals surface area (Å²) in [7, 11) is 4.88. The van der Waals surface area contributed by atoms with Gasteiger partial charge in [-0.1, -0.05) is 5.16 Å². The SMILES string of the molecule is CO/N=C(\C(=O)[O-])c1csc(/N=C/N(C)C)n1. The molecule has 0 radical (unpaired) electrons. The fourth-order valence-corrected chi connectivity index (χ4v) is 1.52. The molecular formula is C9H11N4O3S-. The number of thiazole rings is 1. The number of hydrogen-bond acceptors (Lipinski definition) is 7. The lowest BCUT2D eigenvalue weighted by atomic mass is 10.3. The van der Waals surface area contributed by atoms with E-state index in [1.807, 2.05) is 14.1 Å². The number of aliphatic carboxylic acids is 1. The van der Waals surface area contributed by atoms with E-state index in [4.69, 9.17) is 0 Å². The average molecular weight is 255 g/mol. The van der Waals surface area contributed by atoms with E-state index in [2.05, 4.69) is 20.0 Å². The van der Waals surface area contributed by atoms with Gasteiger partial charge in [-0.2, -0.15) is 0 Å². The van der Waals surface area contributed by atoms with Crippen LogP contribution in [0.25, 0.3) is 0 Å². The molecule has 92 valence electrons. The first kappa shape index (κ1) is 13.1. The Labute approximate surface area is 102 Å². The molecule has 0 fully saturated rings. The van der Waals surface area contributed by atoms with Gasteiger partial charge in [0.1, 0.15) is 12.8 Å². The van der Waals surface area contributed by atoms with Crippen molar-refractivity contribution in [3.63, 3.8) is 0 Å². The van der Waals surface area contributed by atoms with Gasteiger partial charge in [-0.05, 0) is 0 Å². The van der Waals surface area contributed by atoms with Crippen molar-refractivity contribution < 1.29 is 14.7 Å². The van der Waals surface area contributed by atoms with E-state index in [0.29, 0.717) is 5.13 Å². The number of aliphatic imine (C=N–C) groups is 1. The third kappa shape index (κ3) is 3.83. The molecule has 0 amide bonds. The van der Waals surface area contributed by atoms with Crippen molar-refractivity contribution in [2.45, 2.75) is 0 Å². The van der Waals surface area contributed by atoms with Crippen molar-refractivity contribution in [2.75, 3.05) is 21.2 Å². The fraction of sp³-hybridized carbons (Fsp3) is 0.333. The van der Waals surface area contributed by atoms with E-state index in [-0.39, 0.29) is 11.4 Å². The fourth-order valence-electron chi connectivity index (χ4n) is 0.877. The molecule has 0 aromatic carbocycles. The van der Waals surface area contributed by atoms with Crippen molar-refractivity contribution in [3.8, 4) is 0 Å². The zero-order valence-corrected chi connectivity index (χ0v) is 10.4. The van der Waals surface area contributed by atoms with E-state index in [9.17, 15) is 9.90 Å². The van der Waals surface area contributed by atoms with Gasteiger partial charge < -0.3 is 19.6 Å². The van der Waals surface area contributed by atoms with Crippen molar-refractivity contribution in [1.82, 2.24) is 9.88 Å². The first-order chi connectivity index (χ1) is 8.04. The molecule has 1 aromatic rings. The molecule has 0 aliphatic carbocycles. The molecule has 0 N–H and O–H groups in total. The van der Waals surface area contributed by atoms with Crippen LogP contribution in [0.1, 0.15) is 5.69 Å². The largest absolute Gasteiger partial charge is 0.543 e. The smallest absolute Gasteiger partial charge is 0.211 e. The van der Waals surface area contributed by atoms with E-state index >= 15 is 0 Å². The first-order valence-electron chi connectivity index (χ1n) is 4.53. The van der Waals surface area contributed by atoms with E-state index < -0.39 is 5.97 Å². The highest BCUT2D eigenvalue weighted by Gasteiger charge is 2.10. The number of oxime groups is 1. The van der Waals surface area contributed by atoms with Gasteiger partial charge in [-0.3, -0.25) is 0 Å². The minimum absolute atomic E-state index is 0.169. The van der Waals surface area contributed by atoms with Gasteiger partial charge in [0, 0.05) is 19.5 Å². The van der Waals surface area contributed by atoms with Gasteiger partial charge in [-0.15, -0.1) is 11.3 Å². The minimum Gasteiger partial charge on any atom is -0.543 e. The second-order valence-electron chi connectivity index (χ2n) is 3.13. The summed E-state index contributed by atoms with van der Waals surface area (Å²) >= 11 is 1.20. The van der Waals surface area contributed by atoms with Crippen molar-refractivity contribution in [2.24, 2.45) is 10.1 Å². The summed E-state index contributed by atoms with van der Waals surface area (Å²) in [4.78, 5) is 24.9. The molecule has 0 aliphatic rings. The Hall–Kier alpha value is -1.96. The summed E-state index contributed by atoms with van der Waals surface area (Å²) in [6.45, 7) is 0. The maximum Gasteiger partial charge on any atom is 0.211 e. The molecule has 1 aromatic heterocycles. The van der Waals surface area contributed by atoms with Gasteiger partial charge in [0.05, 0.1) is 12.3 Å². The molecule has 0 spiro atoms. The van der Waals surface area contributed by atoms with Crippen molar-refractivity contribution >= 4 is 34.5 Å². The molecule has 1 rings (SSSR count). The topological polar surface area (TPSA) is 90.2 Å². The number of carboxylic acid groups (broad SMARTS) is 1. The van der Waals surface area contributed by atoms with Crippen LogP contribution < -0.4 is 5.11 Å². The first-order valence-corrected chi connectivity index (χ1v) is 5.41. The Morgan fingerprint density at radius 3 is 2.88 bits per heavy atom. The van der Waals surface area contributed by atoms with Crippen LogP contribution in [-0.2, 0) is 9.63 Å². The molecule has 0 aliphatic heterocycles. The van der Waals surface area contributed by atoms with Crippen LogP contribution >= 0.6 is 11.3 Å². The summed E-state index contributed by atoms with van der Waals surface area (Å²) in [5, 5.41) is 16.1. The molecule has 0 unspecified atom stereocenters. The predicted octanol–water partition coefficient (Wildman–Crippen LogP) is -0.535. The maximum atomic E-state index is 10.8. The van der Waals surface area contributed by atoms with E-state index in [0.717, 1.165) is 0 Å². The Bertz CT molecular complexity index is 453.